The first-order chi connectivity index (χ1) is 4.83. The molecule has 0 N–H and O–H groups in total. The third kappa shape index (κ3) is 5.14. The monoisotopic (exact) mass is 238 g/mol. The molecule has 0 radical (unpaired) electrons. The van der Waals surface area contributed by atoms with Crippen LogP contribution in [0.15, 0.2) is 18.2 Å². The molecule has 1 aromatic rings. The van der Waals surface area contributed by atoms with Gasteiger partial charge in [0.05, 0.1) is 0 Å². The molecule has 0 saturated heterocycles. The van der Waals surface area contributed by atoms with E-state index in [0.29, 0.717) is 6.61 Å². The second kappa shape index (κ2) is 8.04. The van der Waals surface area contributed by atoms with Crippen LogP contribution in [-0.4, -0.2) is 30.2 Å². The summed E-state index contributed by atoms with van der Waals surface area (Å²) in [5.74, 6) is 0. The summed E-state index contributed by atoms with van der Waals surface area (Å²) < 4.78 is 4.97. The van der Waals surface area contributed by atoms with E-state index in [1.54, 1.807) is 7.11 Å². The first-order valence-corrected chi connectivity index (χ1v) is 3.29. The Bertz CT molecular complexity index is 215. The summed E-state index contributed by atoms with van der Waals surface area (Å²) in [5.41, 5.74) is 2.37. The molecule has 1 rings (SSSR count). The van der Waals surface area contributed by atoms with Crippen molar-refractivity contribution >= 4 is 23.1 Å². The van der Waals surface area contributed by atoms with Crippen LogP contribution in [0.3, 0.4) is 0 Å². The molecular formula is C9H11BrMgO. The third-order valence-corrected chi connectivity index (χ3v) is 1.32. The van der Waals surface area contributed by atoms with Crippen molar-refractivity contribution in [3.63, 3.8) is 0 Å². The van der Waals surface area contributed by atoms with Crippen LogP contribution < -0.4 is 17.0 Å². The largest absolute Gasteiger partial charge is 2.00 e. The maximum absolute atomic E-state index is 4.97. The van der Waals surface area contributed by atoms with Crippen LogP contribution >= 0.6 is 0 Å². The van der Waals surface area contributed by atoms with Gasteiger partial charge in [0.2, 0.25) is 0 Å². The zero-order valence-corrected chi connectivity index (χ0v) is 10.4. The van der Waals surface area contributed by atoms with E-state index in [1.807, 2.05) is 19.1 Å². The number of rotatable bonds is 2. The van der Waals surface area contributed by atoms with Gasteiger partial charge in [-0.15, -0.1) is 5.56 Å². The van der Waals surface area contributed by atoms with Crippen LogP contribution in [0.1, 0.15) is 11.1 Å². The van der Waals surface area contributed by atoms with E-state index in [-0.39, 0.29) is 40.0 Å². The fraction of sp³-hybridized carbons (Fsp3) is 0.333. The van der Waals surface area contributed by atoms with Crippen molar-refractivity contribution in [2.45, 2.75) is 13.5 Å². The van der Waals surface area contributed by atoms with Crippen molar-refractivity contribution < 1.29 is 21.7 Å². The van der Waals surface area contributed by atoms with Crippen molar-refractivity contribution in [2.24, 2.45) is 0 Å². The summed E-state index contributed by atoms with van der Waals surface area (Å²) in [4.78, 5) is 0. The van der Waals surface area contributed by atoms with E-state index >= 15 is 0 Å². The van der Waals surface area contributed by atoms with Crippen molar-refractivity contribution in [2.75, 3.05) is 7.11 Å². The Morgan fingerprint density at radius 3 is 2.67 bits per heavy atom. The van der Waals surface area contributed by atoms with Crippen LogP contribution in [0, 0.1) is 13.0 Å². The van der Waals surface area contributed by atoms with Gasteiger partial charge >= 0.3 is 23.1 Å². The molecule has 0 spiro atoms. The predicted octanol–water partition coefficient (Wildman–Crippen LogP) is -1.44. The normalized spacial score (nSPS) is 8.17. The molecule has 0 unspecified atom stereocenters. The Hall–Kier alpha value is 0.426. The fourth-order valence-corrected chi connectivity index (χ4v) is 0.904. The maximum atomic E-state index is 4.97. The van der Waals surface area contributed by atoms with E-state index in [2.05, 4.69) is 12.1 Å². The molecule has 3 heteroatoms. The fourth-order valence-electron chi connectivity index (χ4n) is 0.904. The Kier molecular flexibility index (Phi) is 10.0. The van der Waals surface area contributed by atoms with E-state index in [0.717, 1.165) is 5.56 Å². The second-order valence-corrected chi connectivity index (χ2v) is 2.31. The molecule has 1 nitrogen and oxygen atoms in total. The van der Waals surface area contributed by atoms with Crippen LogP contribution in [0.5, 0.6) is 0 Å². The van der Waals surface area contributed by atoms with Gasteiger partial charge in [-0.2, -0.15) is 29.8 Å². The Balaban J connectivity index is 0. The van der Waals surface area contributed by atoms with Crippen molar-refractivity contribution in [1.82, 2.24) is 0 Å². The molecule has 0 amide bonds. The Morgan fingerprint density at radius 2 is 2.17 bits per heavy atom. The molecule has 0 aromatic heterocycles. The first kappa shape index (κ1) is 14.9. The molecule has 0 aliphatic rings. The summed E-state index contributed by atoms with van der Waals surface area (Å²) in [6.07, 6.45) is 0. The van der Waals surface area contributed by atoms with Gasteiger partial charge in [-0.25, -0.2) is 0 Å². The van der Waals surface area contributed by atoms with E-state index in [9.17, 15) is 0 Å². The summed E-state index contributed by atoms with van der Waals surface area (Å²) in [5, 5.41) is 0. The number of hydrogen-bond acceptors (Lipinski definition) is 1. The summed E-state index contributed by atoms with van der Waals surface area (Å²) in [6.45, 7) is 2.72. The molecule has 0 bridgehead atoms. The molecule has 0 fully saturated rings. The Labute approximate surface area is 100 Å². The number of ether oxygens (including phenoxy) is 1. The summed E-state index contributed by atoms with van der Waals surface area (Å²) in [6, 6.07) is 9.08. The third-order valence-electron chi connectivity index (χ3n) is 1.32. The molecule has 0 aliphatic heterocycles. The molecule has 0 heterocycles. The SMILES string of the molecule is COCc1cc[c-]c(C)c1.[Br-].[Mg+2]. The molecule has 62 valence electrons. The maximum Gasteiger partial charge on any atom is 2.00 e. The van der Waals surface area contributed by atoms with Gasteiger partial charge in [0, 0.05) is 13.7 Å². The van der Waals surface area contributed by atoms with Gasteiger partial charge in [0.1, 0.15) is 0 Å². The molecule has 0 atom stereocenters. The van der Waals surface area contributed by atoms with Crippen LogP contribution in [0.2, 0.25) is 0 Å². The molecular weight excluding hydrogens is 228 g/mol. The quantitative estimate of drug-likeness (QED) is 0.454. The second-order valence-electron chi connectivity index (χ2n) is 2.31. The van der Waals surface area contributed by atoms with Crippen molar-refractivity contribution in [3.8, 4) is 0 Å². The van der Waals surface area contributed by atoms with E-state index in [1.165, 1.54) is 5.56 Å². The van der Waals surface area contributed by atoms with E-state index < -0.39 is 0 Å². The van der Waals surface area contributed by atoms with Gasteiger partial charge < -0.3 is 21.7 Å². The molecule has 0 saturated carbocycles. The number of benzene rings is 1. The van der Waals surface area contributed by atoms with Crippen molar-refractivity contribution in [3.05, 3.63) is 35.4 Å². The van der Waals surface area contributed by atoms with Gasteiger partial charge in [-0.05, 0) is 0 Å². The standard InChI is InChI=1S/C9H11O.BrH.Mg/c1-8-4-3-5-9(6-8)7-10-2;;/h3,5-6H,7H2,1-2H3;1H;/q-1;;+2/p-1. The van der Waals surface area contributed by atoms with E-state index in [4.69, 9.17) is 4.74 Å². The van der Waals surface area contributed by atoms with Crippen LogP contribution in [0.4, 0.5) is 0 Å². The Morgan fingerprint density at radius 1 is 1.50 bits per heavy atom. The summed E-state index contributed by atoms with van der Waals surface area (Å²) in [7, 11) is 1.70. The minimum Gasteiger partial charge on any atom is -1.00 e. The van der Waals surface area contributed by atoms with Gasteiger partial charge in [0.15, 0.2) is 0 Å². The van der Waals surface area contributed by atoms with Crippen LogP contribution in [0.25, 0.3) is 0 Å². The smallest absolute Gasteiger partial charge is 1.00 e. The van der Waals surface area contributed by atoms with Crippen molar-refractivity contribution in [1.29, 1.82) is 0 Å². The van der Waals surface area contributed by atoms with Gasteiger partial charge in [-0.3, -0.25) is 0 Å². The molecule has 0 aliphatic carbocycles. The van der Waals surface area contributed by atoms with Crippen LogP contribution in [-0.2, 0) is 11.3 Å². The number of halogens is 1. The van der Waals surface area contributed by atoms with Gasteiger partial charge in [0.25, 0.3) is 0 Å². The number of hydrogen-bond donors (Lipinski definition) is 0. The average molecular weight is 239 g/mol. The molecule has 12 heavy (non-hydrogen) atoms. The first-order valence-electron chi connectivity index (χ1n) is 3.29. The topological polar surface area (TPSA) is 9.23 Å². The predicted molar refractivity (Wildman–Crippen MR) is 46.5 cm³/mol. The zero-order valence-electron chi connectivity index (χ0n) is 7.43. The van der Waals surface area contributed by atoms with Gasteiger partial charge in [-0.1, -0.05) is 6.92 Å². The zero-order chi connectivity index (χ0) is 7.40. The summed E-state index contributed by atoms with van der Waals surface area (Å²) >= 11 is 0. The molecule has 1 aromatic carbocycles. The minimum atomic E-state index is 0. The number of aryl methyl sites for hydroxylation is 1. The number of methoxy groups -OCH3 is 1. The minimum absolute atomic E-state index is 0. The average Bonchev–Trinajstić information content (AvgIpc) is 1.88.